The van der Waals surface area contributed by atoms with Gasteiger partial charge in [-0.2, -0.15) is 0 Å². The lowest BCUT2D eigenvalue weighted by Gasteiger charge is -2.05. The second kappa shape index (κ2) is 6.89. The van der Waals surface area contributed by atoms with Crippen molar-refractivity contribution < 1.29 is 17.7 Å². The van der Waals surface area contributed by atoms with Crippen molar-refractivity contribution >= 4 is 26.9 Å². The number of rotatable bonds is 5. The summed E-state index contributed by atoms with van der Waals surface area (Å²) in [6, 6.07) is 9.91. The van der Waals surface area contributed by atoms with Gasteiger partial charge >= 0.3 is 0 Å². The summed E-state index contributed by atoms with van der Waals surface area (Å²) in [7, 11) is -3.72. The predicted octanol–water partition coefficient (Wildman–Crippen LogP) is 1.95. The maximum Gasteiger partial charge on any atom is 0.238 e. The zero-order valence-corrected chi connectivity index (χ0v) is 15.3. The van der Waals surface area contributed by atoms with Crippen molar-refractivity contribution in [3.8, 4) is 0 Å². The molecule has 0 unspecified atom stereocenters. The van der Waals surface area contributed by atoms with Gasteiger partial charge in [-0.3, -0.25) is 4.79 Å². The van der Waals surface area contributed by atoms with Crippen LogP contribution in [0.2, 0.25) is 0 Å². The highest BCUT2D eigenvalue weighted by molar-refractivity contribution is 7.89. The van der Waals surface area contributed by atoms with Crippen LogP contribution in [0.3, 0.4) is 0 Å². The number of amides is 1. The minimum absolute atomic E-state index is 0.0345. The number of hydrogen-bond acceptors (Lipinski definition) is 5. The number of sulfonamides is 1. The molecule has 3 N–H and O–H groups in total. The number of nitrogens with one attached hydrogen (secondary N) is 1. The van der Waals surface area contributed by atoms with Crippen LogP contribution in [0.25, 0.3) is 11.0 Å². The van der Waals surface area contributed by atoms with Crippen molar-refractivity contribution in [3.05, 3.63) is 58.8 Å². The molecule has 136 valence electrons. The van der Waals surface area contributed by atoms with Crippen molar-refractivity contribution in [2.24, 2.45) is 5.14 Å². The van der Waals surface area contributed by atoms with E-state index in [4.69, 9.17) is 9.66 Å². The Bertz CT molecular complexity index is 1070. The quantitative estimate of drug-likeness (QED) is 0.709. The van der Waals surface area contributed by atoms with Gasteiger partial charge in [-0.15, -0.1) is 0 Å². The zero-order chi connectivity index (χ0) is 18.9. The van der Waals surface area contributed by atoms with Crippen LogP contribution in [0.5, 0.6) is 0 Å². The Hall–Kier alpha value is -2.71. The molecule has 0 aliphatic carbocycles. The molecule has 1 aromatic heterocycles. The smallest absolute Gasteiger partial charge is 0.238 e. The number of carbonyl (C=O) groups is 1. The minimum Gasteiger partial charge on any atom is -0.356 e. The fourth-order valence-electron chi connectivity index (χ4n) is 2.58. The lowest BCUT2D eigenvalue weighted by Crippen LogP contribution is -2.24. The highest BCUT2D eigenvalue weighted by atomic mass is 32.2. The topological polar surface area (TPSA) is 115 Å². The largest absolute Gasteiger partial charge is 0.356 e. The van der Waals surface area contributed by atoms with Gasteiger partial charge in [0.15, 0.2) is 5.58 Å². The second-order valence-electron chi connectivity index (χ2n) is 6.20. The Kier molecular flexibility index (Phi) is 4.80. The first-order valence-corrected chi connectivity index (χ1v) is 9.52. The highest BCUT2D eigenvalue weighted by Gasteiger charge is 2.14. The molecule has 26 heavy (non-hydrogen) atoms. The van der Waals surface area contributed by atoms with E-state index in [9.17, 15) is 13.2 Å². The van der Waals surface area contributed by atoms with E-state index in [-0.39, 0.29) is 23.8 Å². The van der Waals surface area contributed by atoms with Crippen LogP contribution in [0, 0.1) is 13.8 Å². The average Bonchev–Trinajstić information content (AvgIpc) is 2.95. The highest BCUT2D eigenvalue weighted by Crippen LogP contribution is 2.23. The predicted molar refractivity (Wildman–Crippen MR) is 96.8 cm³/mol. The average molecular weight is 373 g/mol. The maximum absolute atomic E-state index is 12.2. The van der Waals surface area contributed by atoms with Gasteiger partial charge in [0.25, 0.3) is 0 Å². The monoisotopic (exact) mass is 373 g/mol. The summed E-state index contributed by atoms with van der Waals surface area (Å²) in [5.74, 6) is -0.200. The van der Waals surface area contributed by atoms with Gasteiger partial charge < -0.3 is 9.84 Å². The molecular weight excluding hydrogens is 354 g/mol. The number of carbonyl (C=O) groups excluding carboxylic acids is 1. The van der Waals surface area contributed by atoms with Crippen molar-refractivity contribution in [2.45, 2.75) is 31.7 Å². The van der Waals surface area contributed by atoms with E-state index in [0.29, 0.717) is 11.3 Å². The van der Waals surface area contributed by atoms with Crippen molar-refractivity contribution in [3.63, 3.8) is 0 Å². The van der Waals surface area contributed by atoms with Crippen molar-refractivity contribution in [2.75, 3.05) is 0 Å². The number of hydrogen-bond donors (Lipinski definition) is 2. The van der Waals surface area contributed by atoms with E-state index >= 15 is 0 Å². The van der Waals surface area contributed by atoms with Crippen LogP contribution in [0.4, 0.5) is 0 Å². The number of fused-ring (bicyclic) bond motifs is 1. The molecule has 1 amide bonds. The first-order chi connectivity index (χ1) is 12.2. The Balaban J connectivity index is 1.65. The molecule has 0 saturated heterocycles. The lowest BCUT2D eigenvalue weighted by molar-refractivity contribution is -0.120. The van der Waals surface area contributed by atoms with Gasteiger partial charge in [0, 0.05) is 11.9 Å². The summed E-state index contributed by atoms with van der Waals surface area (Å²) in [4.78, 5) is 12.2. The SMILES string of the molecule is Cc1cc2onc(CC(=O)NCc3ccc(S(N)(=O)=O)cc3)c2cc1C. The third-order valence-electron chi connectivity index (χ3n) is 4.23. The molecule has 0 saturated carbocycles. The molecular formula is C18H19N3O4S. The first kappa shape index (κ1) is 18.1. The van der Waals surface area contributed by atoms with Crippen LogP contribution >= 0.6 is 0 Å². The third kappa shape index (κ3) is 3.92. The number of nitrogens with two attached hydrogens (primary N) is 1. The molecule has 0 aliphatic rings. The third-order valence-corrected chi connectivity index (χ3v) is 5.16. The summed E-state index contributed by atoms with van der Waals surface area (Å²) >= 11 is 0. The van der Waals surface area contributed by atoms with E-state index in [1.165, 1.54) is 12.1 Å². The molecule has 0 atom stereocenters. The molecule has 7 nitrogen and oxygen atoms in total. The molecule has 0 bridgehead atoms. The number of aromatic nitrogens is 1. The van der Waals surface area contributed by atoms with Gasteiger partial charge in [-0.25, -0.2) is 13.6 Å². The van der Waals surface area contributed by atoms with Gasteiger partial charge in [0.05, 0.1) is 11.3 Å². The molecule has 0 aliphatic heterocycles. The van der Waals surface area contributed by atoms with Crippen LogP contribution < -0.4 is 10.5 Å². The zero-order valence-electron chi connectivity index (χ0n) is 14.4. The molecule has 8 heteroatoms. The molecule has 2 aromatic carbocycles. The molecule has 1 heterocycles. The van der Waals surface area contributed by atoms with E-state index in [2.05, 4.69) is 10.5 Å². The summed E-state index contributed by atoms with van der Waals surface area (Å²) in [6.07, 6.45) is 0.102. The molecule has 3 rings (SSSR count). The Morgan fingerprint density at radius 3 is 2.46 bits per heavy atom. The first-order valence-electron chi connectivity index (χ1n) is 7.98. The van der Waals surface area contributed by atoms with Crippen molar-refractivity contribution in [1.82, 2.24) is 10.5 Å². The summed E-state index contributed by atoms with van der Waals surface area (Å²) in [5, 5.41) is 12.7. The summed E-state index contributed by atoms with van der Waals surface area (Å²) in [6.45, 7) is 4.26. The second-order valence-corrected chi connectivity index (χ2v) is 7.77. The number of aryl methyl sites for hydroxylation is 2. The standard InChI is InChI=1S/C18H19N3O4S/c1-11-7-15-16(21-25-17(15)8-12(11)2)9-18(22)20-10-13-3-5-14(6-4-13)26(19,23)24/h3-8H,9-10H2,1-2H3,(H,20,22)(H2,19,23,24). The van der Waals surface area contributed by atoms with Crippen molar-refractivity contribution in [1.29, 1.82) is 0 Å². The van der Waals surface area contributed by atoms with Gasteiger partial charge in [-0.05, 0) is 54.8 Å². The Morgan fingerprint density at radius 1 is 1.15 bits per heavy atom. The Morgan fingerprint density at radius 2 is 1.81 bits per heavy atom. The number of benzene rings is 2. The number of primary sulfonamides is 1. The van der Waals surface area contributed by atoms with Crippen LogP contribution in [0.1, 0.15) is 22.4 Å². The normalized spacial score (nSPS) is 11.7. The molecule has 3 aromatic rings. The van der Waals surface area contributed by atoms with E-state index < -0.39 is 10.0 Å². The summed E-state index contributed by atoms with van der Waals surface area (Å²) < 4.78 is 27.8. The molecule has 0 radical (unpaired) electrons. The molecule has 0 spiro atoms. The van der Waals surface area contributed by atoms with E-state index in [0.717, 1.165) is 22.1 Å². The lowest BCUT2D eigenvalue weighted by atomic mass is 10.1. The Labute approximate surface area is 151 Å². The van der Waals surface area contributed by atoms with E-state index in [1.807, 2.05) is 26.0 Å². The van der Waals surface area contributed by atoms with Crippen LogP contribution in [-0.2, 0) is 27.8 Å². The van der Waals surface area contributed by atoms with Gasteiger partial charge in [0.2, 0.25) is 15.9 Å². The van der Waals surface area contributed by atoms with E-state index in [1.54, 1.807) is 12.1 Å². The minimum atomic E-state index is -3.72. The van der Waals surface area contributed by atoms with Gasteiger partial charge in [0.1, 0.15) is 5.69 Å². The fraction of sp³-hybridized carbons (Fsp3) is 0.222. The fourth-order valence-corrected chi connectivity index (χ4v) is 3.10. The summed E-state index contributed by atoms with van der Waals surface area (Å²) in [5.41, 5.74) is 4.23. The number of nitrogens with zero attached hydrogens (tertiary/aromatic N) is 1. The van der Waals surface area contributed by atoms with Crippen LogP contribution in [0.15, 0.2) is 45.8 Å². The maximum atomic E-state index is 12.2. The van der Waals surface area contributed by atoms with Gasteiger partial charge in [-0.1, -0.05) is 17.3 Å². The van der Waals surface area contributed by atoms with Crippen LogP contribution in [-0.4, -0.2) is 19.5 Å². The molecule has 0 fully saturated rings.